The average Bonchev–Trinajstić information content (AvgIpc) is 2.66. The number of anilines is 1. The van der Waals surface area contributed by atoms with E-state index in [0.29, 0.717) is 28.6 Å². The number of carbonyl (C=O) groups is 1. The van der Waals surface area contributed by atoms with E-state index in [-0.39, 0.29) is 23.3 Å². The van der Waals surface area contributed by atoms with Gasteiger partial charge in [-0.15, -0.1) is 0 Å². The standard InChI is InChI=1S/C19H24ClN3O4S/c1-13(14-5-4-6-16(11-14)28(21,25)26)23(2)19(24)9-10-22-17-12-15(20)7-8-18(17)27-3/h4-8,11-13,22H,9-10H2,1-3H3,(H2,21,25,26). The number of benzene rings is 2. The summed E-state index contributed by atoms with van der Waals surface area (Å²) in [6.07, 6.45) is 0.241. The van der Waals surface area contributed by atoms with Gasteiger partial charge >= 0.3 is 0 Å². The quantitative estimate of drug-likeness (QED) is 0.676. The van der Waals surface area contributed by atoms with Crippen molar-refractivity contribution >= 4 is 33.2 Å². The summed E-state index contributed by atoms with van der Waals surface area (Å²) in [7, 11) is -0.558. The van der Waals surface area contributed by atoms with Crippen molar-refractivity contribution < 1.29 is 17.9 Å². The van der Waals surface area contributed by atoms with Gasteiger partial charge in [0.1, 0.15) is 5.75 Å². The number of nitrogens with two attached hydrogens (primary N) is 1. The Hall–Kier alpha value is -2.29. The first-order valence-corrected chi connectivity index (χ1v) is 10.5. The number of nitrogens with zero attached hydrogens (tertiary/aromatic N) is 1. The minimum absolute atomic E-state index is 0.0208. The van der Waals surface area contributed by atoms with Gasteiger partial charge in [0.05, 0.1) is 23.7 Å². The van der Waals surface area contributed by atoms with Gasteiger partial charge in [0.2, 0.25) is 15.9 Å². The van der Waals surface area contributed by atoms with Crippen molar-refractivity contribution in [3.8, 4) is 5.75 Å². The molecule has 0 aromatic heterocycles. The Bertz CT molecular complexity index is 950. The van der Waals surface area contributed by atoms with Gasteiger partial charge in [-0.25, -0.2) is 13.6 Å². The minimum atomic E-state index is -3.80. The van der Waals surface area contributed by atoms with Crippen molar-refractivity contribution in [2.24, 2.45) is 5.14 Å². The summed E-state index contributed by atoms with van der Waals surface area (Å²) >= 11 is 6.00. The molecule has 2 rings (SSSR count). The predicted octanol–water partition coefficient (Wildman–Crippen LogP) is 3.02. The molecule has 0 radical (unpaired) electrons. The summed E-state index contributed by atoms with van der Waals surface area (Å²) < 4.78 is 28.3. The van der Waals surface area contributed by atoms with Crippen LogP contribution in [-0.2, 0) is 14.8 Å². The van der Waals surface area contributed by atoms with Crippen molar-refractivity contribution in [2.45, 2.75) is 24.3 Å². The number of hydrogen-bond donors (Lipinski definition) is 2. The van der Waals surface area contributed by atoms with Crippen LogP contribution in [0, 0.1) is 0 Å². The Kier molecular flexibility index (Phi) is 7.29. The zero-order valence-electron chi connectivity index (χ0n) is 16.0. The van der Waals surface area contributed by atoms with Crippen molar-refractivity contribution in [3.05, 3.63) is 53.1 Å². The van der Waals surface area contributed by atoms with E-state index < -0.39 is 10.0 Å². The summed E-state index contributed by atoms with van der Waals surface area (Å²) in [6.45, 7) is 2.22. The van der Waals surface area contributed by atoms with E-state index >= 15 is 0 Å². The molecule has 3 N–H and O–H groups in total. The Morgan fingerprint density at radius 1 is 1.29 bits per heavy atom. The van der Waals surface area contributed by atoms with Crippen LogP contribution in [0.15, 0.2) is 47.4 Å². The molecule has 0 aliphatic rings. The molecule has 152 valence electrons. The molecular formula is C19H24ClN3O4S. The third-order valence-corrected chi connectivity index (χ3v) is 5.61. The Morgan fingerprint density at radius 3 is 2.64 bits per heavy atom. The minimum Gasteiger partial charge on any atom is -0.495 e. The lowest BCUT2D eigenvalue weighted by molar-refractivity contribution is -0.131. The normalized spacial score (nSPS) is 12.3. The molecule has 0 fully saturated rings. The summed E-state index contributed by atoms with van der Waals surface area (Å²) in [4.78, 5) is 14.1. The summed E-state index contributed by atoms with van der Waals surface area (Å²) in [5.74, 6) is 0.542. The van der Waals surface area contributed by atoms with Crippen LogP contribution >= 0.6 is 11.6 Å². The summed E-state index contributed by atoms with van der Waals surface area (Å²) in [6, 6.07) is 11.2. The highest BCUT2D eigenvalue weighted by Gasteiger charge is 2.19. The van der Waals surface area contributed by atoms with Crippen LogP contribution in [-0.4, -0.2) is 39.9 Å². The Labute approximate surface area is 170 Å². The molecule has 0 saturated carbocycles. The van der Waals surface area contributed by atoms with E-state index in [0.717, 1.165) is 0 Å². The second kappa shape index (κ2) is 9.27. The summed E-state index contributed by atoms with van der Waals surface area (Å²) in [5, 5.41) is 8.89. The van der Waals surface area contributed by atoms with Gasteiger partial charge in [0.25, 0.3) is 0 Å². The lowest BCUT2D eigenvalue weighted by Gasteiger charge is -2.26. The van der Waals surface area contributed by atoms with Crippen LogP contribution in [0.3, 0.4) is 0 Å². The molecule has 2 aromatic rings. The molecule has 7 nitrogen and oxygen atoms in total. The third-order valence-electron chi connectivity index (χ3n) is 4.46. The molecule has 0 aliphatic carbocycles. The van der Waals surface area contributed by atoms with Crippen LogP contribution in [0.25, 0.3) is 0 Å². The van der Waals surface area contributed by atoms with Crippen LogP contribution < -0.4 is 15.2 Å². The van der Waals surface area contributed by atoms with E-state index in [1.54, 1.807) is 49.4 Å². The molecule has 0 spiro atoms. The SMILES string of the molecule is COc1ccc(Cl)cc1NCCC(=O)N(C)C(C)c1cccc(S(N)(=O)=O)c1. The number of amides is 1. The third kappa shape index (κ3) is 5.60. The zero-order valence-corrected chi connectivity index (χ0v) is 17.5. The first-order valence-electron chi connectivity index (χ1n) is 8.59. The topological polar surface area (TPSA) is 102 Å². The van der Waals surface area contributed by atoms with Crippen molar-refractivity contribution in [1.29, 1.82) is 0 Å². The monoisotopic (exact) mass is 425 g/mol. The molecule has 0 saturated heterocycles. The van der Waals surface area contributed by atoms with Gasteiger partial charge < -0.3 is 15.0 Å². The maximum Gasteiger partial charge on any atom is 0.238 e. The number of halogens is 1. The van der Waals surface area contributed by atoms with Gasteiger partial charge in [-0.05, 0) is 42.8 Å². The first-order chi connectivity index (χ1) is 13.1. The largest absolute Gasteiger partial charge is 0.495 e. The van der Waals surface area contributed by atoms with E-state index in [1.807, 2.05) is 6.92 Å². The smallest absolute Gasteiger partial charge is 0.238 e. The van der Waals surface area contributed by atoms with Gasteiger partial charge in [0, 0.05) is 25.0 Å². The molecule has 1 amide bonds. The molecule has 0 aliphatic heterocycles. The highest BCUT2D eigenvalue weighted by atomic mass is 35.5. The highest BCUT2D eigenvalue weighted by Crippen LogP contribution is 2.27. The maximum atomic E-state index is 12.5. The summed E-state index contributed by atoms with van der Waals surface area (Å²) in [5.41, 5.74) is 1.39. The number of sulfonamides is 1. The fraction of sp³-hybridized carbons (Fsp3) is 0.316. The number of rotatable bonds is 8. The lowest BCUT2D eigenvalue weighted by atomic mass is 10.1. The maximum absolute atomic E-state index is 12.5. The first kappa shape index (κ1) is 22.0. The van der Waals surface area contributed by atoms with Crippen LogP contribution in [0.4, 0.5) is 5.69 Å². The predicted molar refractivity (Wildman–Crippen MR) is 110 cm³/mol. The Balaban J connectivity index is 2.00. The highest BCUT2D eigenvalue weighted by molar-refractivity contribution is 7.89. The van der Waals surface area contributed by atoms with Crippen LogP contribution in [0.1, 0.15) is 24.9 Å². The number of carbonyl (C=O) groups excluding carboxylic acids is 1. The number of ether oxygens (including phenoxy) is 1. The molecular weight excluding hydrogens is 402 g/mol. The average molecular weight is 426 g/mol. The number of nitrogens with one attached hydrogen (secondary N) is 1. The molecule has 28 heavy (non-hydrogen) atoms. The van der Waals surface area contributed by atoms with Gasteiger partial charge in [-0.1, -0.05) is 23.7 Å². The van der Waals surface area contributed by atoms with Crippen molar-refractivity contribution in [1.82, 2.24) is 4.90 Å². The Morgan fingerprint density at radius 2 is 2.00 bits per heavy atom. The van der Waals surface area contributed by atoms with E-state index in [2.05, 4.69) is 5.32 Å². The molecule has 2 aromatic carbocycles. The van der Waals surface area contributed by atoms with Crippen LogP contribution in [0.2, 0.25) is 5.02 Å². The number of methoxy groups -OCH3 is 1. The molecule has 1 atom stereocenters. The number of hydrogen-bond acceptors (Lipinski definition) is 5. The molecule has 9 heteroatoms. The lowest BCUT2D eigenvalue weighted by Crippen LogP contribution is -2.31. The van der Waals surface area contributed by atoms with Crippen molar-refractivity contribution in [3.63, 3.8) is 0 Å². The molecule has 1 unspecified atom stereocenters. The fourth-order valence-corrected chi connectivity index (χ4v) is 3.43. The molecule has 0 bridgehead atoms. The van der Waals surface area contributed by atoms with Gasteiger partial charge in [0.15, 0.2) is 0 Å². The second-order valence-corrected chi connectivity index (χ2v) is 8.32. The fourth-order valence-electron chi connectivity index (χ4n) is 2.69. The zero-order chi connectivity index (χ0) is 20.9. The van der Waals surface area contributed by atoms with Gasteiger partial charge in [-0.2, -0.15) is 0 Å². The molecule has 0 heterocycles. The van der Waals surface area contributed by atoms with Crippen LogP contribution in [0.5, 0.6) is 5.75 Å². The second-order valence-electron chi connectivity index (χ2n) is 6.32. The van der Waals surface area contributed by atoms with E-state index in [9.17, 15) is 13.2 Å². The van der Waals surface area contributed by atoms with E-state index in [4.69, 9.17) is 21.5 Å². The van der Waals surface area contributed by atoms with Crippen molar-refractivity contribution in [2.75, 3.05) is 26.0 Å². The van der Waals surface area contributed by atoms with E-state index in [1.165, 1.54) is 12.1 Å². The van der Waals surface area contributed by atoms with Gasteiger partial charge in [-0.3, -0.25) is 4.79 Å². The number of primary sulfonamides is 1.